The molecule has 0 radical (unpaired) electrons. The second-order valence-electron chi connectivity index (χ2n) is 3.96. The average molecular weight is 230 g/mol. The Labute approximate surface area is 101 Å². The van der Waals surface area contributed by atoms with E-state index in [4.69, 9.17) is 0 Å². The zero-order valence-electron chi connectivity index (χ0n) is 9.78. The fourth-order valence-electron chi connectivity index (χ4n) is 1.73. The number of benzene rings is 1. The Morgan fingerprint density at radius 2 is 2.12 bits per heavy atom. The molecule has 0 aliphatic rings. The van der Waals surface area contributed by atoms with Crippen molar-refractivity contribution in [2.75, 3.05) is 11.9 Å². The first-order valence-electron chi connectivity index (χ1n) is 5.65. The maximum absolute atomic E-state index is 12.9. The minimum Gasteiger partial charge on any atom is -0.370 e. The maximum atomic E-state index is 12.9. The normalized spacial score (nSPS) is 10.2. The molecule has 88 valence electrons. The minimum absolute atomic E-state index is 0.177. The average Bonchev–Trinajstić information content (AvgIpc) is 2.33. The highest BCUT2D eigenvalue weighted by Gasteiger charge is 2.00. The summed E-state index contributed by atoms with van der Waals surface area (Å²) >= 11 is 0. The Hall–Kier alpha value is -1.90. The highest BCUT2D eigenvalue weighted by molar-refractivity contribution is 5.34. The summed E-state index contributed by atoms with van der Waals surface area (Å²) in [4.78, 5) is 4.18. The Bertz CT molecular complexity index is 483. The summed E-state index contributed by atoms with van der Waals surface area (Å²) in [6.45, 7) is 2.72. The highest BCUT2D eigenvalue weighted by atomic mass is 19.1. The molecule has 2 rings (SSSR count). The number of hydrogen-bond donors (Lipinski definition) is 1. The predicted octanol–water partition coefficient (Wildman–Crippen LogP) is 3.18. The van der Waals surface area contributed by atoms with Gasteiger partial charge in [0.1, 0.15) is 11.6 Å². The second-order valence-corrected chi connectivity index (χ2v) is 3.96. The van der Waals surface area contributed by atoms with E-state index in [1.165, 1.54) is 6.07 Å². The van der Waals surface area contributed by atoms with E-state index < -0.39 is 0 Å². The van der Waals surface area contributed by atoms with Gasteiger partial charge in [0, 0.05) is 12.7 Å². The van der Waals surface area contributed by atoms with E-state index in [9.17, 15) is 4.39 Å². The van der Waals surface area contributed by atoms with Gasteiger partial charge in [0.05, 0.1) is 0 Å². The Balaban J connectivity index is 1.90. The number of rotatable bonds is 4. The van der Waals surface area contributed by atoms with Crippen molar-refractivity contribution >= 4 is 5.82 Å². The van der Waals surface area contributed by atoms with Gasteiger partial charge in [-0.25, -0.2) is 9.37 Å². The van der Waals surface area contributed by atoms with Gasteiger partial charge in [0.15, 0.2) is 0 Å². The molecule has 0 aliphatic carbocycles. The van der Waals surface area contributed by atoms with E-state index in [-0.39, 0.29) is 5.82 Å². The van der Waals surface area contributed by atoms with Crippen molar-refractivity contribution in [3.8, 4) is 0 Å². The van der Waals surface area contributed by atoms with Crippen LogP contribution in [0.5, 0.6) is 0 Å². The predicted molar refractivity (Wildman–Crippen MR) is 67.6 cm³/mol. The van der Waals surface area contributed by atoms with Gasteiger partial charge < -0.3 is 5.32 Å². The largest absolute Gasteiger partial charge is 0.370 e. The molecule has 0 unspecified atom stereocenters. The van der Waals surface area contributed by atoms with Crippen molar-refractivity contribution in [3.63, 3.8) is 0 Å². The van der Waals surface area contributed by atoms with Gasteiger partial charge in [-0.15, -0.1) is 0 Å². The quantitative estimate of drug-likeness (QED) is 0.872. The number of aryl methyl sites for hydroxylation is 1. The van der Waals surface area contributed by atoms with E-state index in [0.29, 0.717) is 0 Å². The summed E-state index contributed by atoms with van der Waals surface area (Å²) in [5.41, 5.74) is 2.16. The topological polar surface area (TPSA) is 24.9 Å². The van der Waals surface area contributed by atoms with Crippen LogP contribution in [0.25, 0.3) is 0 Å². The molecule has 0 saturated carbocycles. The molecule has 0 aliphatic heterocycles. The summed E-state index contributed by atoms with van der Waals surface area (Å²) in [5, 5.41) is 3.23. The lowest BCUT2D eigenvalue weighted by Crippen LogP contribution is -2.06. The van der Waals surface area contributed by atoms with E-state index in [2.05, 4.69) is 10.3 Å². The van der Waals surface area contributed by atoms with Crippen LogP contribution in [0.3, 0.4) is 0 Å². The Morgan fingerprint density at radius 1 is 1.24 bits per heavy atom. The Morgan fingerprint density at radius 3 is 2.82 bits per heavy atom. The van der Waals surface area contributed by atoms with E-state index >= 15 is 0 Å². The van der Waals surface area contributed by atoms with Crippen LogP contribution >= 0.6 is 0 Å². The minimum atomic E-state index is -0.177. The molecule has 2 nitrogen and oxygen atoms in total. The van der Waals surface area contributed by atoms with Crippen molar-refractivity contribution in [2.24, 2.45) is 0 Å². The summed E-state index contributed by atoms with van der Waals surface area (Å²) in [6.07, 6.45) is 2.62. The van der Waals surface area contributed by atoms with Crippen molar-refractivity contribution < 1.29 is 4.39 Å². The van der Waals surface area contributed by atoms with Crippen molar-refractivity contribution in [3.05, 3.63) is 59.5 Å². The fraction of sp³-hybridized carbons (Fsp3) is 0.214. The summed E-state index contributed by atoms with van der Waals surface area (Å²) < 4.78 is 12.9. The molecular formula is C14H15FN2. The lowest BCUT2D eigenvalue weighted by molar-refractivity contribution is 0.625. The lowest BCUT2D eigenvalue weighted by atomic mass is 10.1. The third-order valence-electron chi connectivity index (χ3n) is 2.67. The second kappa shape index (κ2) is 5.43. The highest BCUT2D eigenvalue weighted by Crippen LogP contribution is 2.11. The van der Waals surface area contributed by atoms with Crippen LogP contribution in [0.4, 0.5) is 10.2 Å². The number of pyridine rings is 1. The molecule has 0 fully saturated rings. The van der Waals surface area contributed by atoms with Gasteiger partial charge in [-0.1, -0.05) is 12.1 Å². The molecular weight excluding hydrogens is 215 g/mol. The number of nitrogens with one attached hydrogen (secondary N) is 1. The van der Waals surface area contributed by atoms with Gasteiger partial charge in [-0.2, -0.15) is 0 Å². The molecule has 1 aromatic carbocycles. The number of halogens is 1. The molecule has 1 aromatic heterocycles. The Kier molecular flexibility index (Phi) is 3.70. The van der Waals surface area contributed by atoms with Gasteiger partial charge >= 0.3 is 0 Å². The van der Waals surface area contributed by atoms with Gasteiger partial charge in [-0.3, -0.25) is 0 Å². The molecule has 2 aromatic rings. The van der Waals surface area contributed by atoms with Crippen molar-refractivity contribution in [1.29, 1.82) is 0 Å². The zero-order valence-corrected chi connectivity index (χ0v) is 9.78. The van der Waals surface area contributed by atoms with Gasteiger partial charge in [0.25, 0.3) is 0 Å². The fourth-order valence-corrected chi connectivity index (χ4v) is 1.73. The lowest BCUT2D eigenvalue weighted by Gasteiger charge is -2.07. The molecule has 0 bridgehead atoms. The van der Waals surface area contributed by atoms with Crippen LogP contribution in [0.15, 0.2) is 42.6 Å². The van der Waals surface area contributed by atoms with Crippen LogP contribution in [-0.2, 0) is 6.42 Å². The summed E-state index contributed by atoms with van der Waals surface area (Å²) in [7, 11) is 0. The number of aromatic nitrogens is 1. The van der Waals surface area contributed by atoms with Gasteiger partial charge in [-0.05, 0) is 48.7 Å². The van der Waals surface area contributed by atoms with Crippen molar-refractivity contribution in [2.45, 2.75) is 13.3 Å². The van der Waals surface area contributed by atoms with Crippen molar-refractivity contribution in [1.82, 2.24) is 4.98 Å². The molecule has 0 spiro atoms. The molecule has 0 atom stereocenters. The molecule has 0 amide bonds. The van der Waals surface area contributed by atoms with Crippen LogP contribution in [0.1, 0.15) is 11.1 Å². The van der Waals surface area contributed by atoms with Crippen LogP contribution in [-0.4, -0.2) is 11.5 Å². The molecule has 3 heteroatoms. The third-order valence-corrected chi connectivity index (χ3v) is 2.67. The standard InChI is InChI=1S/C14H15FN2/c1-11-10-13(15)6-5-12(11)7-9-17-14-4-2-3-8-16-14/h2-6,8,10H,7,9H2,1H3,(H,16,17). The van der Waals surface area contributed by atoms with Crippen LogP contribution < -0.4 is 5.32 Å². The molecule has 0 saturated heterocycles. The first kappa shape index (κ1) is 11.6. The maximum Gasteiger partial charge on any atom is 0.125 e. The number of anilines is 1. The SMILES string of the molecule is Cc1cc(F)ccc1CCNc1ccccn1. The summed E-state index contributed by atoms with van der Waals surface area (Å²) in [5.74, 6) is 0.691. The first-order valence-corrected chi connectivity index (χ1v) is 5.65. The zero-order chi connectivity index (χ0) is 12.1. The first-order chi connectivity index (χ1) is 8.25. The molecule has 1 heterocycles. The van der Waals surface area contributed by atoms with Gasteiger partial charge in [0.2, 0.25) is 0 Å². The number of hydrogen-bond acceptors (Lipinski definition) is 2. The molecule has 17 heavy (non-hydrogen) atoms. The molecule has 1 N–H and O–H groups in total. The smallest absolute Gasteiger partial charge is 0.125 e. The van der Waals surface area contributed by atoms with E-state index in [0.717, 1.165) is 29.9 Å². The van der Waals surface area contributed by atoms with E-state index in [1.54, 1.807) is 12.3 Å². The summed E-state index contributed by atoms with van der Waals surface area (Å²) in [6, 6.07) is 10.7. The van der Waals surface area contributed by atoms with Crippen LogP contribution in [0, 0.1) is 12.7 Å². The van der Waals surface area contributed by atoms with Crippen LogP contribution in [0.2, 0.25) is 0 Å². The monoisotopic (exact) mass is 230 g/mol. The third kappa shape index (κ3) is 3.28. The van der Waals surface area contributed by atoms with E-state index in [1.807, 2.05) is 31.2 Å². The number of nitrogens with zero attached hydrogens (tertiary/aromatic N) is 1.